The van der Waals surface area contributed by atoms with Crippen molar-refractivity contribution in [3.8, 4) is 11.5 Å². The SMILES string of the molecule is COc1cccc(C2/C(=C(/O)c3ccc4c(c3)CCCO4)C(=O)C(=O)N2c2cccc(C)c2C)c1. The highest BCUT2D eigenvalue weighted by Gasteiger charge is 2.47. The molecule has 2 heterocycles. The van der Waals surface area contributed by atoms with Gasteiger partial charge in [-0.3, -0.25) is 14.5 Å². The minimum Gasteiger partial charge on any atom is -0.507 e. The molecule has 1 atom stereocenters. The number of benzene rings is 3. The van der Waals surface area contributed by atoms with Crippen LogP contribution in [0.3, 0.4) is 0 Å². The molecule has 1 N–H and O–H groups in total. The van der Waals surface area contributed by atoms with E-state index >= 15 is 0 Å². The summed E-state index contributed by atoms with van der Waals surface area (Å²) in [6.45, 7) is 4.55. The predicted octanol–water partition coefficient (Wildman–Crippen LogP) is 5.26. The molecule has 35 heavy (non-hydrogen) atoms. The summed E-state index contributed by atoms with van der Waals surface area (Å²) in [4.78, 5) is 28.4. The van der Waals surface area contributed by atoms with E-state index in [1.165, 1.54) is 4.90 Å². The molecular weight excluding hydrogens is 442 g/mol. The second-order valence-corrected chi connectivity index (χ2v) is 8.94. The number of ketones is 1. The molecule has 3 aromatic carbocycles. The van der Waals surface area contributed by atoms with Crippen LogP contribution in [-0.4, -0.2) is 30.5 Å². The first-order chi connectivity index (χ1) is 16.9. The van der Waals surface area contributed by atoms with Crippen molar-refractivity contribution in [3.05, 3.63) is 94.1 Å². The van der Waals surface area contributed by atoms with Crippen LogP contribution in [0.1, 0.15) is 40.3 Å². The van der Waals surface area contributed by atoms with Gasteiger partial charge in [-0.15, -0.1) is 0 Å². The minimum atomic E-state index is -0.808. The first kappa shape index (κ1) is 22.7. The van der Waals surface area contributed by atoms with E-state index < -0.39 is 17.7 Å². The number of hydrogen-bond acceptors (Lipinski definition) is 5. The van der Waals surface area contributed by atoms with E-state index in [9.17, 15) is 14.7 Å². The van der Waals surface area contributed by atoms with E-state index in [1.54, 1.807) is 25.3 Å². The van der Waals surface area contributed by atoms with E-state index in [0.717, 1.165) is 35.3 Å². The molecule has 6 heteroatoms. The lowest BCUT2D eigenvalue weighted by Crippen LogP contribution is -2.30. The normalized spacial score (nSPS) is 18.8. The molecule has 3 aromatic rings. The Morgan fingerprint density at radius 3 is 2.66 bits per heavy atom. The Labute approximate surface area is 204 Å². The van der Waals surface area contributed by atoms with Crippen molar-refractivity contribution >= 4 is 23.1 Å². The first-order valence-corrected chi connectivity index (χ1v) is 11.7. The van der Waals surface area contributed by atoms with E-state index in [1.807, 2.05) is 56.3 Å². The number of Topliss-reactive ketones (excluding diaryl/α,β-unsaturated/α-hetero) is 1. The molecule has 1 fully saturated rings. The van der Waals surface area contributed by atoms with E-state index in [0.29, 0.717) is 29.2 Å². The fraction of sp³-hybridized carbons (Fsp3) is 0.241. The second-order valence-electron chi connectivity index (χ2n) is 8.94. The Kier molecular flexibility index (Phi) is 5.81. The van der Waals surface area contributed by atoms with Crippen molar-refractivity contribution in [1.29, 1.82) is 0 Å². The standard InChI is InChI=1S/C29H27NO5/c1-17-7-4-11-23(18(17)2)30-26(20-8-5-10-22(16-20)34-3)25(28(32)29(30)33)27(31)21-12-13-24-19(15-21)9-6-14-35-24/h4-5,7-8,10-13,15-16,26,31H,6,9,14H2,1-3H3/b27-25-. The number of rotatable bonds is 4. The quantitative estimate of drug-likeness (QED) is 0.320. The number of carbonyl (C=O) groups is 2. The van der Waals surface area contributed by atoms with Crippen LogP contribution in [0.2, 0.25) is 0 Å². The van der Waals surface area contributed by atoms with Gasteiger partial charge < -0.3 is 14.6 Å². The van der Waals surface area contributed by atoms with Crippen LogP contribution in [-0.2, 0) is 16.0 Å². The average molecular weight is 470 g/mol. The van der Waals surface area contributed by atoms with Gasteiger partial charge in [-0.2, -0.15) is 0 Å². The molecule has 0 saturated carbocycles. The molecule has 0 aliphatic carbocycles. The molecule has 0 spiro atoms. The number of ether oxygens (including phenoxy) is 2. The third-order valence-corrected chi connectivity index (χ3v) is 6.87. The van der Waals surface area contributed by atoms with Crippen LogP contribution in [0.25, 0.3) is 5.76 Å². The predicted molar refractivity (Wildman–Crippen MR) is 134 cm³/mol. The van der Waals surface area contributed by atoms with E-state index in [2.05, 4.69) is 0 Å². The zero-order valence-electron chi connectivity index (χ0n) is 20.0. The highest BCUT2D eigenvalue weighted by Crippen LogP contribution is 2.44. The van der Waals surface area contributed by atoms with E-state index in [-0.39, 0.29) is 11.3 Å². The highest BCUT2D eigenvalue weighted by molar-refractivity contribution is 6.51. The molecule has 0 bridgehead atoms. The number of nitrogens with zero attached hydrogens (tertiary/aromatic N) is 1. The summed E-state index contributed by atoms with van der Waals surface area (Å²) in [5.74, 6) is -0.204. The molecule has 1 unspecified atom stereocenters. The fourth-order valence-corrected chi connectivity index (χ4v) is 4.87. The maximum atomic E-state index is 13.5. The second kappa shape index (κ2) is 8.95. The molecule has 0 aromatic heterocycles. The van der Waals surface area contributed by atoms with Crippen LogP contribution in [0, 0.1) is 13.8 Å². The lowest BCUT2D eigenvalue weighted by Gasteiger charge is -2.27. The number of carbonyl (C=O) groups excluding carboxylic acids is 2. The van der Waals surface area contributed by atoms with E-state index in [4.69, 9.17) is 9.47 Å². The Morgan fingerprint density at radius 1 is 1.06 bits per heavy atom. The van der Waals surface area contributed by atoms with Gasteiger partial charge in [0.05, 0.1) is 25.3 Å². The number of amides is 1. The van der Waals surface area contributed by atoms with Gasteiger partial charge in [0.15, 0.2) is 0 Å². The maximum Gasteiger partial charge on any atom is 0.300 e. The van der Waals surface area contributed by atoms with Crippen LogP contribution in [0.5, 0.6) is 11.5 Å². The fourth-order valence-electron chi connectivity index (χ4n) is 4.87. The molecule has 1 saturated heterocycles. The van der Waals surface area contributed by atoms with Crippen LogP contribution >= 0.6 is 0 Å². The molecule has 2 aliphatic heterocycles. The molecule has 2 aliphatic rings. The molecule has 6 nitrogen and oxygen atoms in total. The third kappa shape index (κ3) is 3.85. The van der Waals surface area contributed by atoms with Gasteiger partial charge in [-0.1, -0.05) is 24.3 Å². The highest BCUT2D eigenvalue weighted by atomic mass is 16.5. The Balaban J connectivity index is 1.73. The van der Waals surface area contributed by atoms with Crippen molar-refractivity contribution in [2.24, 2.45) is 0 Å². The zero-order chi connectivity index (χ0) is 24.7. The van der Waals surface area contributed by atoms with Gasteiger partial charge in [0.1, 0.15) is 17.3 Å². The van der Waals surface area contributed by atoms with Gasteiger partial charge in [0, 0.05) is 11.3 Å². The van der Waals surface area contributed by atoms with Crippen LogP contribution < -0.4 is 14.4 Å². The topological polar surface area (TPSA) is 76.1 Å². The summed E-state index contributed by atoms with van der Waals surface area (Å²) in [6.07, 6.45) is 1.71. The van der Waals surface area contributed by atoms with Crippen molar-refractivity contribution in [1.82, 2.24) is 0 Å². The Bertz CT molecular complexity index is 1370. The summed E-state index contributed by atoms with van der Waals surface area (Å²) in [5.41, 5.74) is 4.73. The first-order valence-electron chi connectivity index (χ1n) is 11.7. The number of anilines is 1. The minimum absolute atomic E-state index is 0.0563. The van der Waals surface area contributed by atoms with Gasteiger partial charge in [0.25, 0.3) is 11.7 Å². The lowest BCUT2D eigenvalue weighted by molar-refractivity contribution is -0.132. The van der Waals surface area contributed by atoms with Gasteiger partial charge in [0.2, 0.25) is 0 Å². The smallest absolute Gasteiger partial charge is 0.300 e. The number of aryl methyl sites for hydroxylation is 2. The molecule has 178 valence electrons. The number of aliphatic hydroxyl groups is 1. The van der Waals surface area contributed by atoms with Crippen LogP contribution in [0.4, 0.5) is 5.69 Å². The summed E-state index contributed by atoms with van der Waals surface area (Å²) >= 11 is 0. The summed E-state index contributed by atoms with van der Waals surface area (Å²) in [6, 6.07) is 17.5. The molecule has 5 rings (SSSR count). The van der Waals surface area contributed by atoms with Crippen molar-refractivity contribution < 1.29 is 24.2 Å². The number of aliphatic hydroxyl groups excluding tert-OH is 1. The van der Waals surface area contributed by atoms with Crippen LogP contribution in [0.15, 0.2) is 66.2 Å². The summed E-state index contributed by atoms with van der Waals surface area (Å²) < 4.78 is 11.1. The summed E-state index contributed by atoms with van der Waals surface area (Å²) in [5, 5.41) is 11.5. The van der Waals surface area contributed by atoms with Gasteiger partial charge in [-0.05, 0) is 85.3 Å². The number of methoxy groups -OCH3 is 1. The zero-order valence-corrected chi connectivity index (χ0v) is 20.0. The Morgan fingerprint density at radius 2 is 1.86 bits per heavy atom. The Hall–Kier alpha value is -4.06. The van der Waals surface area contributed by atoms with Crippen molar-refractivity contribution in [2.75, 3.05) is 18.6 Å². The third-order valence-electron chi connectivity index (χ3n) is 6.87. The largest absolute Gasteiger partial charge is 0.507 e. The number of fused-ring (bicyclic) bond motifs is 1. The maximum absolute atomic E-state index is 13.5. The van der Waals surface area contributed by atoms with Crippen molar-refractivity contribution in [3.63, 3.8) is 0 Å². The van der Waals surface area contributed by atoms with Gasteiger partial charge >= 0.3 is 0 Å². The molecule has 0 radical (unpaired) electrons. The summed E-state index contributed by atoms with van der Waals surface area (Å²) in [7, 11) is 1.57. The average Bonchev–Trinajstić information content (AvgIpc) is 3.15. The van der Waals surface area contributed by atoms with Crippen molar-refractivity contribution in [2.45, 2.75) is 32.7 Å². The molecule has 1 amide bonds. The number of hydrogen-bond donors (Lipinski definition) is 1. The lowest BCUT2D eigenvalue weighted by atomic mass is 9.93. The van der Waals surface area contributed by atoms with Gasteiger partial charge in [-0.25, -0.2) is 0 Å². The molecular formula is C29H27NO5. The monoisotopic (exact) mass is 469 g/mol.